The summed E-state index contributed by atoms with van der Waals surface area (Å²) in [5.74, 6) is 0. The van der Waals surface area contributed by atoms with Crippen LogP contribution in [0.1, 0.15) is 5.56 Å². The summed E-state index contributed by atoms with van der Waals surface area (Å²) < 4.78 is 0. The number of nitrogens with two attached hydrogens (primary N) is 4. The Kier molecular flexibility index (Phi) is 6.91. The van der Waals surface area contributed by atoms with E-state index >= 15 is 0 Å². The monoisotopic (exact) mass is 182 g/mol. The first-order valence-electron chi connectivity index (χ1n) is 4.19. The van der Waals surface area contributed by atoms with Crippen LogP contribution in [-0.4, -0.2) is 13.1 Å². The molecule has 0 spiro atoms. The van der Waals surface area contributed by atoms with E-state index in [4.69, 9.17) is 22.9 Å². The van der Waals surface area contributed by atoms with Crippen LogP contribution < -0.4 is 22.9 Å². The van der Waals surface area contributed by atoms with Gasteiger partial charge in [0.05, 0.1) is 0 Å². The molecule has 0 aliphatic rings. The van der Waals surface area contributed by atoms with E-state index in [1.54, 1.807) is 0 Å². The highest BCUT2D eigenvalue weighted by Crippen LogP contribution is 2.03. The number of hydrogen-bond donors (Lipinski definition) is 4. The Hall–Kier alpha value is -1.10. The summed E-state index contributed by atoms with van der Waals surface area (Å²) in [6.07, 6.45) is 0. The molecule has 0 heterocycles. The topological polar surface area (TPSA) is 104 Å². The van der Waals surface area contributed by atoms with E-state index in [2.05, 4.69) is 0 Å². The van der Waals surface area contributed by atoms with Gasteiger partial charge in [-0.25, -0.2) is 0 Å². The lowest BCUT2D eigenvalue weighted by Gasteiger charge is -1.94. The van der Waals surface area contributed by atoms with Gasteiger partial charge in [-0.1, -0.05) is 12.1 Å². The average molecular weight is 182 g/mol. The molecule has 0 amide bonds. The Morgan fingerprint density at radius 1 is 0.846 bits per heavy atom. The van der Waals surface area contributed by atoms with E-state index in [-0.39, 0.29) is 0 Å². The summed E-state index contributed by atoms with van der Waals surface area (Å²) >= 11 is 0. The third-order valence-corrected chi connectivity index (χ3v) is 1.38. The van der Waals surface area contributed by atoms with Crippen LogP contribution in [0.25, 0.3) is 0 Å². The number of benzene rings is 1. The van der Waals surface area contributed by atoms with Crippen LogP contribution in [0.15, 0.2) is 24.3 Å². The first-order chi connectivity index (χ1) is 6.24. The highest BCUT2D eigenvalue weighted by atomic mass is 14.6. The van der Waals surface area contributed by atoms with Gasteiger partial charge in [0.1, 0.15) is 0 Å². The molecule has 0 aliphatic carbocycles. The Bertz CT molecular complexity index is 205. The quantitative estimate of drug-likeness (QED) is 0.468. The van der Waals surface area contributed by atoms with Crippen LogP contribution in [0.2, 0.25) is 0 Å². The normalized spacial score (nSPS) is 8.85. The van der Waals surface area contributed by atoms with E-state index in [0.29, 0.717) is 19.6 Å². The maximum absolute atomic E-state index is 5.44. The van der Waals surface area contributed by atoms with Crippen LogP contribution in [0.3, 0.4) is 0 Å². The number of rotatable bonds is 2. The molecule has 1 aromatic rings. The van der Waals surface area contributed by atoms with Crippen LogP contribution in [0.4, 0.5) is 5.69 Å². The summed E-state index contributed by atoms with van der Waals surface area (Å²) in [5.41, 5.74) is 22.5. The molecule has 0 aromatic heterocycles. The van der Waals surface area contributed by atoms with E-state index in [9.17, 15) is 0 Å². The van der Waals surface area contributed by atoms with E-state index < -0.39 is 0 Å². The predicted octanol–water partition coefficient (Wildman–Crippen LogP) is -0.369. The van der Waals surface area contributed by atoms with Crippen molar-refractivity contribution in [2.75, 3.05) is 18.8 Å². The minimum atomic E-state index is 0.584. The minimum absolute atomic E-state index is 0.584. The van der Waals surface area contributed by atoms with E-state index in [1.165, 1.54) is 0 Å². The molecule has 1 rings (SSSR count). The second-order valence-corrected chi connectivity index (χ2v) is 2.52. The van der Waals surface area contributed by atoms with Crippen molar-refractivity contribution >= 4 is 5.69 Å². The third kappa shape index (κ3) is 6.10. The zero-order valence-electron chi connectivity index (χ0n) is 7.74. The van der Waals surface area contributed by atoms with Crippen molar-refractivity contribution < 1.29 is 0 Å². The molecule has 0 aliphatic heterocycles. The third-order valence-electron chi connectivity index (χ3n) is 1.38. The molecular weight excluding hydrogens is 164 g/mol. The summed E-state index contributed by atoms with van der Waals surface area (Å²) in [6, 6.07) is 7.55. The van der Waals surface area contributed by atoms with Gasteiger partial charge in [0.2, 0.25) is 0 Å². The number of anilines is 1. The zero-order chi connectivity index (χ0) is 10.1. The molecule has 0 saturated carbocycles. The smallest absolute Gasteiger partial charge is 0.0314 e. The van der Waals surface area contributed by atoms with Crippen molar-refractivity contribution in [3.05, 3.63) is 29.8 Å². The molecule has 0 bridgehead atoms. The number of hydrogen-bond acceptors (Lipinski definition) is 4. The molecule has 0 radical (unpaired) electrons. The van der Waals surface area contributed by atoms with Crippen molar-refractivity contribution in [2.24, 2.45) is 17.2 Å². The van der Waals surface area contributed by atoms with Crippen molar-refractivity contribution in [3.63, 3.8) is 0 Å². The summed E-state index contributed by atoms with van der Waals surface area (Å²) in [4.78, 5) is 0. The highest BCUT2D eigenvalue weighted by molar-refractivity contribution is 5.39. The van der Waals surface area contributed by atoms with Gasteiger partial charge >= 0.3 is 0 Å². The van der Waals surface area contributed by atoms with Gasteiger partial charge in [0.25, 0.3) is 0 Å². The van der Waals surface area contributed by atoms with Crippen LogP contribution in [-0.2, 0) is 6.54 Å². The van der Waals surface area contributed by atoms with Gasteiger partial charge in [-0.15, -0.1) is 0 Å². The lowest BCUT2D eigenvalue weighted by molar-refractivity contribution is 0.976. The fourth-order valence-corrected chi connectivity index (χ4v) is 0.654. The fraction of sp³-hybridized carbons (Fsp3) is 0.333. The van der Waals surface area contributed by atoms with Gasteiger partial charge < -0.3 is 22.9 Å². The van der Waals surface area contributed by atoms with Crippen molar-refractivity contribution in [2.45, 2.75) is 6.54 Å². The first-order valence-corrected chi connectivity index (χ1v) is 4.19. The molecule has 74 valence electrons. The molecular formula is C9H18N4. The zero-order valence-corrected chi connectivity index (χ0v) is 7.74. The molecule has 4 nitrogen and oxygen atoms in total. The maximum Gasteiger partial charge on any atom is 0.0314 e. The van der Waals surface area contributed by atoms with Gasteiger partial charge in [-0.05, 0) is 17.7 Å². The summed E-state index contributed by atoms with van der Waals surface area (Å²) in [6.45, 7) is 1.78. The Labute approximate surface area is 78.9 Å². The second-order valence-electron chi connectivity index (χ2n) is 2.52. The van der Waals surface area contributed by atoms with Gasteiger partial charge in [0, 0.05) is 25.3 Å². The number of nitrogen functional groups attached to an aromatic ring is 1. The molecule has 0 unspecified atom stereocenters. The Morgan fingerprint density at radius 2 is 1.31 bits per heavy atom. The molecule has 1 aromatic carbocycles. The lowest BCUT2D eigenvalue weighted by Crippen LogP contribution is -2.11. The standard InChI is InChI=1S/C7H10N2.C2H8N2/c8-5-6-1-3-7(9)4-2-6;3-1-2-4/h1-4H,5,8-9H2;1-4H2. The largest absolute Gasteiger partial charge is 0.399 e. The Morgan fingerprint density at radius 3 is 1.62 bits per heavy atom. The SMILES string of the molecule is NCCN.NCc1ccc(N)cc1. The average Bonchev–Trinajstić information content (AvgIpc) is 2.19. The fourth-order valence-electron chi connectivity index (χ4n) is 0.654. The maximum atomic E-state index is 5.44. The summed E-state index contributed by atoms with van der Waals surface area (Å²) in [7, 11) is 0. The first kappa shape index (κ1) is 11.9. The predicted molar refractivity (Wildman–Crippen MR) is 56.9 cm³/mol. The molecule has 0 saturated heterocycles. The van der Waals surface area contributed by atoms with Crippen LogP contribution in [0, 0.1) is 0 Å². The van der Waals surface area contributed by atoms with Gasteiger partial charge in [-0.3, -0.25) is 0 Å². The minimum Gasteiger partial charge on any atom is -0.399 e. The van der Waals surface area contributed by atoms with Crippen LogP contribution >= 0.6 is 0 Å². The Balaban J connectivity index is 0.000000310. The highest BCUT2D eigenvalue weighted by Gasteiger charge is 1.85. The summed E-state index contributed by atoms with van der Waals surface area (Å²) in [5, 5.41) is 0. The molecule has 0 fully saturated rings. The molecule has 8 N–H and O–H groups in total. The molecule has 4 heteroatoms. The van der Waals surface area contributed by atoms with Gasteiger partial charge in [0.15, 0.2) is 0 Å². The van der Waals surface area contributed by atoms with Crippen molar-refractivity contribution in [1.29, 1.82) is 0 Å². The van der Waals surface area contributed by atoms with Crippen molar-refractivity contribution in [1.82, 2.24) is 0 Å². The molecule has 0 atom stereocenters. The molecule has 13 heavy (non-hydrogen) atoms. The lowest BCUT2D eigenvalue weighted by atomic mass is 10.2. The second kappa shape index (κ2) is 7.54. The van der Waals surface area contributed by atoms with E-state index in [0.717, 1.165) is 11.3 Å². The van der Waals surface area contributed by atoms with E-state index in [1.807, 2.05) is 24.3 Å². The van der Waals surface area contributed by atoms with Crippen LogP contribution in [0.5, 0.6) is 0 Å². The van der Waals surface area contributed by atoms with Crippen molar-refractivity contribution in [3.8, 4) is 0 Å². The van der Waals surface area contributed by atoms with Gasteiger partial charge in [-0.2, -0.15) is 0 Å².